The van der Waals surface area contributed by atoms with Gasteiger partial charge in [0, 0.05) is 11.3 Å². The van der Waals surface area contributed by atoms with Crippen molar-refractivity contribution in [1.82, 2.24) is 10.2 Å². The second-order valence-corrected chi connectivity index (χ2v) is 5.13. The monoisotopic (exact) mass is 349 g/mol. The predicted molar refractivity (Wildman–Crippen MR) is 85.1 cm³/mol. The van der Waals surface area contributed by atoms with Crippen LogP contribution in [0.5, 0.6) is 5.75 Å². The third-order valence-electron chi connectivity index (χ3n) is 3.45. The maximum atomic E-state index is 13.0. The van der Waals surface area contributed by atoms with Gasteiger partial charge in [-0.05, 0) is 30.3 Å². The van der Waals surface area contributed by atoms with E-state index in [2.05, 4.69) is 15.5 Å². The molecule has 1 heterocycles. The number of nitrogens with one attached hydrogen (secondary N) is 1. The average molecular weight is 349 g/mol. The van der Waals surface area contributed by atoms with Crippen LogP contribution in [0.2, 0.25) is 0 Å². The summed E-state index contributed by atoms with van der Waals surface area (Å²) in [5.74, 6) is 1.07. The van der Waals surface area contributed by atoms with Crippen molar-refractivity contribution < 1.29 is 22.3 Å². The molecule has 3 aromatic rings. The van der Waals surface area contributed by atoms with E-state index in [0.717, 1.165) is 6.07 Å². The van der Waals surface area contributed by atoms with Crippen LogP contribution in [0.25, 0.3) is 11.5 Å². The molecule has 0 fully saturated rings. The second kappa shape index (κ2) is 6.84. The Morgan fingerprint density at radius 1 is 1.08 bits per heavy atom. The van der Waals surface area contributed by atoms with E-state index in [0.29, 0.717) is 11.3 Å². The molecule has 0 saturated carbocycles. The first-order valence-electron chi connectivity index (χ1n) is 7.34. The van der Waals surface area contributed by atoms with Crippen LogP contribution in [0.1, 0.15) is 11.5 Å². The molecule has 25 heavy (non-hydrogen) atoms. The predicted octanol–water partition coefficient (Wildman–Crippen LogP) is 4.38. The fraction of sp³-hybridized carbons (Fsp3) is 0.176. The van der Waals surface area contributed by atoms with Gasteiger partial charge in [-0.25, -0.2) is 0 Å². The molecule has 0 atom stereocenters. The SMILES string of the molecule is COc1cccc(-c2nnc(CNc3ccccc3C(F)(F)F)o2)c1. The van der Waals surface area contributed by atoms with E-state index < -0.39 is 11.7 Å². The number of anilines is 1. The van der Waals surface area contributed by atoms with Crippen molar-refractivity contribution in [3.05, 3.63) is 60.0 Å². The van der Waals surface area contributed by atoms with Crippen LogP contribution in [0.3, 0.4) is 0 Å². The van der Waals surface area contributed by atoms with Gasteiger partial charge in [-0.15, -0.1) is 10.2 Å². The molecular formula is C17H14F3N3O2. The summed E-state index contributed by atoms with van der Waals surface area (Å²) in [5, 5.41) is 10.4. The Balaban J connectivity index is 1.75. The normalized spacial score (nSPS) is 11.4. The van der Waals surface area contributed by atoms with Crippen molar-refractivity contribution in [2.24, 2.45) is 0 Å². The number of ether oxygens (including phenoxy) is 1. The molecule has 2 aromatic carbocycles. The van der Waals surface area contributed by atoms with Crippen LogP contribution in [0, 0.1) is 0 Å². The summed E-state index contributed by atoms with van der Waals surface area (Å²) >= 11 is 0. The van der Waals surface area contributed by atoms with Crippen molar-refractivity contribution in [2.45, 2.75) is 12.7 Å². The number of alkyl halides is 3. The van der Waals surface area contributed by atoms with Crippen LogP contribution in [0.15, 0.2) is 52.9 Å². The van der Waals surface area contributed by atoms with E-state index in [1.807, 2.05) is 0 Å². The number of hydrogen-bond donors (Lipinski definition) is 1. The lowest BCUT2D eigenvalue weighted by molar-refractivity contribution is -0.137. The van der Waals surface area contributed by atoms with Gasteiger partial charge in [-0.3, -0.25) is 0 Å². The Morgan fingerprint density at radius 2 is 1.88 bits per heavy atom. The molecule has 0 aliphatic rings. The number of hydrogen-bond acceptors (Lipinski definition) is 5. The minimum absolute atomic E-state index is 0.0237. The maximum Gasteiger partial charge on any atom is 0.418 e. The number of halogens is 3. The third kappa shape index (κ3) is 3.90. The highest BCUT2D eigenvalue weighted by atomic mass is 19.4. The minimum Gasteiger partial charge on any atom is -0.497 e. The number of para-hydroxylation sites is 1. The van der Waals surface area contributed by atoms with Crippen LogP contribution in [0.4, 0.5) is 18.9 Å². The minimum atomic E-state index is -4.44. The molecule has 8 heteroatoms. The molecule has 0 aliphatic heterocycles. The van der Waals surface area contributed by atoms with E-state index in [1.54, 1.807) is 31.4 Å². The smallest absolute Gasteiger partial charge is 0.418 e. The summed E-state index contributed by atoms with van der Waals surface area (Å²) in [6.07, 6.45) is -4.44. The molecule has 1 N–H and O–H groups in total. The summed E-state index contributed by atoms with van der Waals surface area (Å²) in [7, 11) is 1.54. The van der Waals surface area contributed by atoms with Crippen molar-refractivity contribution in [3.63, 3.8) is 0 Å². The van der Waals surface area contributed by atoms with Crippen LogP contribution >= 0.6 is 0 Å². The zero-order valence-corrected chi connectivity index (χ0v) is 13.2. The van der Waals surface area contributed by atoms with Crippen LogP contribution in [-0.2, 0) is 12.7 Å². The standard InChI is InChI=1S/C17H14F3N3O2/c1-24-12-6-4-5-11(9-12)16-23-22-15(25-16)10-21-14-8-3-2-7-13(14)17(18,19)20/h2-9,21H,10H2,1H3. The van der Waals surface area contributed by atoms with Gasteiger partial charge >= 0.3 is 6.18 Å². The molecule has 1 aromatic heterocycles. The lowest BCUT2D eigenvalue weighted by atomic mass is 10.1. The van der Waals surface area contributed by atoms with Gasteiger partial charge in [-0.2, -0.15) is 13.2 Å². The molecule has 130 valence electrons. The van der Waals surface area contributed by atoms with E-state index in [1.165, 1.54) is 18.2 Å². The average Bonchev–Trinajstić information content (AvgIpc) is 3.08. The van der Waals surface area contributed by atoms with Crippen molar-refractivity contribution >= 4 is 5.69 Å². The highest BCUT2D eigenvalue weighted by Crippen LogP contribution is 2.34. The fourth-order valence-electron chi connectivity index (χ4n) is 2.25. The Bertz CT molecular complexity index is 862. The van der Waals surface area contributed by atoms with Gasteiger partial charge in [-0.1, -0.05) is 18.2 Å². The highest BCUT2D eigenvalue weighted by Gasteiger charge is 2.33. The van der Waals surface area contributed by atoms with Gasteiger partial charge in [0.25, 0.3) is 0 Å². The zero-order valence-electron chi connectivity index (χ0n) is 13.2. The number of methoxy groups -OCH3 is 1. The summed E-state index contributed by atoms with van der Waals surface area (Å²) in [6, 6.07) is 12.3. The first-order chi connectivity index (χ1) is 12.0. The second-order valence-electron chi connectivity index (χ2n) is 5.13. The lowest BCUT2D eigenvalue weighted by Crippen LogP contribution is -2.10. The number of nitrogens with zero attached hydrogens (tertiary/aromatic N) is 2. The van der Waals surface area contributed by atoms with E-state index in [9.17, 15) is 13.2 Å². The number of benzene rings is 2. The van der Waals surface area contributed by atoms with Crippen molar-refractivity contribution in [1.29, 1.82) is 0 Å². The highest BCUT2D eigenvalue weighted by molar-refractivity contribution is 5.55. The first kappa shape index (κ1) is 16.8. The quantitative estimate of drug-likeness (QED) is 0.741. The van der Waals surface area contributed by atoms with Crippen molar-refractivity contribution in [2.75, 3.05) is 12.4 Å². The summed E-state index contributed by atoms with van der Waals surface area (Å²) < 4.78 is 49.5. The van der Waals surface area contributed by atoms with Gasteiger partial charge in [0.1, 0.15) is 5.75 Å². The van der Waals surface area contributed by atoms with Crippen LogP contribution < -0.4 is 10.1 Å². The van der Waals surface area contributed by atoms with Gasteiger partial charge in [0.15, 0.2) is 0 Å². The largest absolute Gasteiger partial charge is 0.497 e. The van der Waals surface area contributed by atoms with Crippen molar-refractivity contribution in [3.8, 4) is 17.2 Å². The molecule has 0 amide bonds. The Kier molecular flexibility index (Phi) is 4.60. The molecule has 3 rings (SSSR count). The molecule has 0 bridgehead atoms. The summed E-state index contributed by atoms with van der Waals surface area (Å²) in [5.41, 5.74) is -0.132. The van der Waals surface area contributed by atoms with E-state index in [4.69, 9.17) is 9.15 Å². The maximum absolute atomic E-state index is 13.0. The van der Waals surface area contributed by atoms with Gasteiger partial charge in [0.05, 0.1) is 19.2 Å². The molecule has 0 spiro atoms. The first-order valence-corrected chi connectivity index (χ1v) is 7.34. The van der Waals surface area contributed by atoms with Gasteiger partial charge in [0.2, 0.25) is 11.8 Å². The Morgan fingerprint density at radius 3 is 2.64 bits per heavy atom. The van der Waals surface area contributed by atoms with E-state index >= 15 is 0 Å². The zero-order chi connectivity index (χ0) is 17.9. The molecule has 0 saturated heterocycles. The van der Waals surface area contributed by atoms with Crippen LogP contribution in [-0.4, -0.2) is 17.3 Å². The summed E-state index contributed by atoms with van der Waals surface area (Å²) in [4.78, 5) is 0. The molecular weight excluding hydrogens is 335 g/mol. The molecule has 5 nitrogen and oxygen atoms in total. The fourth-order valence-corrected chi connectivity index (χ4v) is 2.25. The van der Waals surface area contributed by atoms with Gasteiger partial charge < -0.3 is 14.5 Å². The Hall–Kier alpha value is -3.03. The number of rotatable bonds is 5. The molecule has 0 radical (unpaired) electrons. The number of aromatic nitrogens is 2. The topological polar surface area (TPSA) is 60.2 Å². The Labute approximate surface area is 141 Å². The molecule has 0 unspecified atom stereocenters. The van der Waals surface area contributed by atoms with E-state index in [-0.39, 0.29) is 24.0 Å². The lowest BCUT2D eigenvalue weighted by Gasteiger charge is -2.13. The summed E-state index contributed by atoms with van der Waals surface area (Å²) in [6.45, 7) is -0.0237. The molecule has 0 aliphatic carbocycles. The third-order valence-corrected chi connectivity index (χ3v) is 3.45.